The van der Waals surface area contributed by atoms with Gasteiger partial charge >= 0.3 is 5.97 Å². The Morgan fingerprint density at radius 1 is 1.40 bits per heavy atom. The van der Waals surface area contributed by atoms with E-state index in [1.165, 1.54) is 0 Å². The van der Waals surface area contributed by atoms with Crippen LogP contribution < -0.4 is 10.6 Å². The predicted molar refractivity (Wildman–Crippen MR) is 79.7 cm³/mol. The fraction of sp³-hybridized carbons (Fsp3) is 0.429. The van der Waals surface area contributed by atoms with Crippen molar-refractivity contribution in [2.75, 3.05) is 11.9 Å². The molecule has 5 nitrogen and oxygen atoms in total. The van der Waals surface area contributed by atoms with Gasteiger partial charge in [0.05, 0.1) is 6.54 Å². The van der Waals surface area contributed by atoms with Crippen LogP contribution in [0.25, 0.3) is 0 Å². The Morgan fingerprint density at radius 3 is 2.60 bits per heavy atom. The average molecular weight is 341 g/mol. The van der Waals surface area contributed by atoms with E-state index in [0.717, 1.165) is 22.1 Å². The SMILES string of the molecule is Cc1cc(Br)ccc1NC(=O)CNC1(C(=O)O)CCC1. The molecule has 1 saturated carbocycles. The third kappa shape index (κ3) is 3.19. The summed E-state index contributed by atoms with van der Waals surface area (Å²) in [6.45, 7) is 1.90. The van der Waals surface area contributed by atoms with Gasteiger partial charge in [0.25, 0.3) is 0 Å². The molecule has 0 spiro atoms. The van der Waals surface area contributed by atoms with Crippen molar-refractivity contribution in [2.45, 2.75) is 31.7 Å². The molecule has 20 heavy (non-hydrogen) atoms. The van der Waals surface area contributed by atoms with E-state index in [-0.39, 0.29) is 12.5 Å². The molecule has 0 unspecified atom stereocenters. The van der Waals surface area contributed by atoms with Crippen LogP contribution in [0.5, 0.6) is 0 Å². The number of carbonyl (C=O) groups excluding carboxylic acids is 1. The fourth-order valence-corrected chi connectivity index (χ4v) is 2.68. The van der Waals surface area contributed by atoms with Gasteiger partial charge in [0.1, 0.15) is 5.54 Å². The first-order valence-electron chi connectivity index (χ1n) is 6.47. The molecule has 0 saturated heterocycles. The zero-order chi connectivity index (χ0) is 14.8. The van der Waals surface area contributed by atoms with Crippen LogP contribution in [0, 0.1) is 6.92 Å². The topological polar surface area (TPSA) is 78.4 Å². The molecule has 0 radical (unpaired) electrons. The third-order valence-corrected chi connectivity index (χ3v) is 4.16. The normalized spacial score (nSPS) is 16.3. The second-order valence-corrected chi connectivity index (χ2v) is 6.02. The number of nitrogens with one attached hydrogen (secondary N) is 2. The first-order valence-corrected chi connectivity index (χ1v) is 7.27. The molecule has 1 aliphatic rings. The molecule has 0 aromatic heterocycles. The van der Waals surface area contributed by atoms with Crippen molar-refractivity contribution >= 4 is 33.5 Å². The Morgan fingerprint density at radius 2 is 2.10 bits per heavy atom. The summed E-state index contributed by atoms with van der Waals surface area (Å²) in [6.07, 6.45) is 2.03. The van der Waals surface area contributed by atoms with E-state index in [0.29, 0.717) is 12.8 Å². The quantitative estimate of drug-likeness (QED) is 0.768. The largest absolute Gasteiger partial charge is 0.480 e. The number of halogens is 1. The molecular formula is C14H17BrN2O3. The number of anilines is 1. The van der Waals surface area contributed by atoms with Gasteiger partial charge < -0.3 is 10.4 Å². The monoisotopic (exact) mass is 340 g/mol. The molecule has 1 aromatic carbocycles. The van der Waals surface area contributed by atoms with Gasteiger partial charge in [0.15, 0.2) is 0 Å². The smallest absolute Gasteiger partial charge is 0.323 e. The van der Waals surface area contributed by atoms with Crippen LogP contribution in [0.15, 0.2) is 22.7 Å². The van der Waals surface area contributed by atoms with E-state index in [1.54, 1.807) is 0 Å². The molecule has 1 aromatic rings. The maximum atomic E-state index is 11.9. The van der Waals surface area contributed by atoms with Crippen molar-refractivity contribution < 1.29 is 14.7 Å². The summed E-state index contributed by atoms with van der Waals surface area (Å²) in [5, 5.41) is 14.8. The third-order valence-electron chi connectivity index (χ3n) is 3.67. The summed E-state index contributed by atoms with van der Waals surface area (Å²) >= 11 is 3.36. The lowest BCUT2D eigenvalue weighted by molar-refractivity contribution is -0.148. The van der Waals surface area contributed by atoms with Crippen LogP contribution in [0.3, 0.4) is 0 Å². The first-order chi connectivity index (χ1) is 9.43. The zero-order valence-corrected chi connectivity index (χ0v) is 12.8. The number of hydrogen-bond donors (Lipinski definition) is 3. The second-order valence-electron chi connectivity index (χ2n) is 5.10. The van der Waals surface area contributed by atoms with Crippen LogP contribution in [0.1, 0.15) is 24.8 Å². The number of carboxylic acids is 1. The Hall–Kier alpha value is -1.40. The Labute approximate surface area is 125 Å². The minimum Gasteiger partial charge on any atom is -0.480 e. The summed E-state index contributed by atoms with van der Waals surface area (Å²) in [5.41, 5.74) is 0.772. The highest BCUT2D eigenvalue weighted by molar-refractivity contribution is 9.10. The Bertz CT molecular complexity index is 541. The molecule has 1 aliphatic carbocycles. The first kappa shape index (κ1) is 15.0. The van der Waals surface area contributed by atoms with Crippen LogP contribution >= 0.6 is 15.9 Å². The van der Waals surface area contributed by atoms with Gasteiger partial charge in [-0.2, -0.15) is 0 Å². The van der Waals surface area contributed by atoms with Crippen molar-refractivity contribution in [3.63, 3.8) is 0 Å². The lowest BCUT2D eigenvalue weighted by Gasteiger charge is -2.38. The number of benzene rings is 1. The number of hydrogen-bond acceptors (Lipinski definition) is 3. The maximum Gasteiger partial charge on any atom is 0.323 e. The molecule has 2 rings (SSSR count). The van der Waals surface area contributed by atoms with Crippen LogP contribution in [-0.4, -0.2) is 29.1 Å². The molecule has 0 atom stereocenters. The minimum atomic E-state index is -0.911. The Balaban J connectivity index is 1.91. The number of rotatable bonds is 5. The van der Waals surface area contributed by atoms with Gasteiger partial charge in [-0.3, -0.25) is 14.9 Å². The number of carboxylic acid groups (broad SMARTS) is 1. The highest BCUT2D eigenvalue weighted by Gasteiger charge is 2.44. The van der Waals surface area contributed by atoms with Crippen molar-refractivity contribution in [1.82, 2.24) is 5.32 Å². The molecule has 0 heterocycles. The summed E-state index contributed by atoms with van der Waals surface area (Å²) in [7, 11) is 0. The van der Waals surface area contributed by atoms with Gasteiger partial charge in [0, 0.05) is 10.2 Å². The van der Waals surface area contributed by atoms with E-state index < -0.39 is 11.5 Å². The summed E-state index contributed by atoms with van der Waals surface area (Å²) in [4.78, 5) is 23.0. The van der Waals surface area contributed by atoms with E-state index in [1.807, 2.05) is 25.1 Å². The standard InChI is InChI=1S/C14H17BrN2O3/c1-9-7-10(15)3-4-11(9)17-12(18)8-16-14(13(19)20)5-2-6-14/h3-4,7,16H,2,5-6,8H2,1H3,(H,17,18)(H,19,20). The molecule has 3 N–H and O–H groups in total. The Kier molecular flexibility index (Phi) is 4.45. The van der Waals surface area contributed by atoms with Crippen molar-refractivity contribution in [1.29, 1.82) is 0 Å². The number of aryl methyl sites for hydroxylation is 1. The second kappa shape index (κ2) is 5.93. The molecule has 1 fully saturated rings. The van der Waals surface area contributed by atoms with Gasteiger partial charge in [0.2, 0.25) is 5.91 Å². The summed E-state index contributed by atoms with van der Waals surface area (Å²) in [5.74, 6) is -1.11. The fourth-order valence-electron chi connectivity index (χ4n) is 2.21. The van der Waals surface area contributed by atoms with Crippen molar-refractivity contribution in [3.05, 3.63) is 28.2 Å². The summed E-state index contributed by atoms with van der Waals surface area (Å²) in [6, 6.07) is 5.57. The van der Waals surface area contributed by atoms with Crippen molar-refractivity contribution in [3.8, 4) is 0 Å². The van der Waals surface area contributed by atoms with E-state index in [9.17, 15) is 9.59 Å². The highest BCUT2D eigenvalue weighted by Crippen LogP contribution is 2.31. The lowest BCUT2D eigenvalue weighted by atomic mass is 9.77. The maximum absolute atomic E-state index is 11.9. The number of carbonyl (C=O) groups is 2. The van der Waals surface area contributed by atoms with Gasteiger partial charge in [-0.25, -0.2) is 0 Å². The van der Waals surface area contributed by atoms with E-state index in [4.69, 9.17) is 5.11 Å². The average Bonchev–Trinajstić information content (AvgIpc) is 2.31. The highest BCUT2D eigenvalue weighted by atomic mass is 79.9. The van der Waals surface area contributed by atoms with Crippen LogP contribution in [0.4, 0.5) is 5.69 Å². The predicted octanol–water partition coefficient (Wildman–Crippen LogP) is 2.29. The number of aliphatic carboxylic acids is 1. The van der Waals surface area contributed by atoms with Crippen LogP contribution in [-0.2, 0) is 9.59 Å². The summed E-state index contributed by atoms with van der Waals surface area (Å²) < 4.78 is 0.949. The lowest BCUT2D eigenvalue weighted by Crippen LogP contribution is -2.58. The van der Waals surface area contributed by atoms with E-state index in [2.05, 4.69) is 26.6 Å². The van der Waals surface area contributed by atoms with Gasteiger partial charge in [-0.1, -0.05) is 15.9 Å². The molecule has 0 aliphatic heterocycles. The van der Waals surface area contributed by atoms with Crippen molar-refractivity contribution in [2.24, 2.45) is 0 Å². The molecule has 6 heteroatoms. The molecule has 108 valence electrons. The van der Waals surface area contributed by atoms with Crippen LogP contribution in [0.2, 0.25) is 0 Å². The zero-order valence-electron chi connectivity index (χ0n) is 11.2. The van der Waals surface area contributed by atoms with Gasteiger partial charge in [-0.05, 0) is 49.9 Å². The molecule has 1 amide bonds. The van der Waals surface area contributed by atoms with E-state index >= 15 is 0 Å². The minimum absolute atomic E-state index is 0.00179. The number of amides is 1. The van der Waals surface area contributed by atoms with Gasteiger partial charge in [-0.15, -0.1) is 0 Å². The molecule has 0 bridgehead atoms. The molecular weight excluding hydrogens is 324 g/mol.